The van der Waals surface area contributed by atoms with Crippen molar-refractivity contribution in [2.45, 2.75) is 13.0 Å². The fourth-order valence-corrected chi connectivity index (χ4v) is 0.515. The van der Waals surface area contributed by atoms with Gasteiger partial charge in [-0.25, -0.2) is 0 Å². The van der Waals surface area contributed by atoms with Crippen LogP contribution >= 0.6 is 12.2 Å². The number of nitrogens with zero attached hydrogens (tertiary/aromatic N) is 1. The molecule has 0 amide bonds. The molecular weight excluding hydrogens is 108 g/mol. The summed E-state index contributed by atoms with van der Waals surface area (Å²) in [5.41, 5.74) is 0. The molecule has 0 saturated heterocycles. The molecule has 0 aromatic heterocycles. The molecule has 0 fully saturated rings. The number of rotatable bonds is 0. The molecule has 0 spiro atoms. The van der Waals surface area contributed by atoms with Gasteiger partial charge in [0.2, 0.25) is 0 Å². The Bertz CT molecular complexity index is 119. The fraction of sp³-hybridized carbons (Fsp3) is 0.500. The van der Waals surface area contributed by atoms with Gasteiger partial charge in [0.15, 0.2) is 0 Å². The van der Waals surface area contributed by atoms with E-state index in [1.807, 2.05) is 6.92 Å². The zero-order valence-corrected chi connectivity index (χ0v) is 4.83. The largest absolute Gasteiger partial charge is 0.339 e. The first-order chi connectivity index (χ1) is 3.30. The van der Waals surface area contributed by atoms with Gasteiger partial charge in [-0.2, -0.15) is 0 Å². The SMILES string of the molecule is CC1N=CNC1=S. The smallest absolute Gasteiger partial charge is 0.105 e. The van der Waals surface area contributed by atoms with Crippen molar-refractivity contribution < 1.29 is 0 Å². The summed E-state index contributed by atoms with van der Waals surface area (Å²) in [6, 6.07) is 0.204. The molecule has 2 nitrogen and oxygen atoms in total. The molecule has 1 rings (SSSR count). The van der Waals surface area contributed by atoms with Crippen LogP contribution < -0.4 is 5.32 Å². The predicted molar refractivity (Wildman–Crippen MR) is 33.7 cm³/mol. The Morgan fingerprint density at radius 3 is 2.86 bits per heavy atom. The maximum absolute atomic E-state index is 4.81. The molecule has 0 bridgehead atoms. The van der Waals surface area contributed by atoms with Crippen LogP contribution in [0.3, 0.4) is 0 Å². The topological polar surface area (TPSA) is 24.4 Å². The molecule has 1 unspecified atom stereocenters. The Balaban J connectivity index is 2.62. The van der Waals surface area contributed by atoms with Crippen molar-refractivity contribution >= 4 is 23.5 Å². The van der Waals surface area contributed by atoms with E-state index in [1.54, 1.807) is 6.34 Å². The lowest BCUT2D eigenvalue weighted by Crippen LogP contribution is -2.19. The van der Waals surface area contributed by atoms with Crippen molar-refractivity contribution in [1.29, 1.82) is 0 Å². The Labute approximate surface area is 47.6 Å². The minimum Gasteiger partial charge on any atom is -0.339 e. The second kappa shape index (κ2) is 1.58. The second-order valence-electron chi connectivity index (χ2n) is 1.46. The van der Waals surface area contributed by atoms with Gasteiger partial charge in [0.25, 0.3) is 0 Å². The minimum atomic E-state index is 0.204. The van der Waals surface area contributed by atoms with E-state index in [-0.39, 0.29) is 6.04 Å². The van der Waals surface area contributed by atoms with Gasteiger partial charge in [-0.1, -0.05) is 12.2 Å². The fourth-order valence-electron chi connectivity index (χ4n) is 0.401. The third kappa shape index (κ3) is 0.771. The zero-order valence-electron chi connectivity index (χ0n) is 4.01. The molecule has 0 aliphatic carbocycles. The first-order valence-corrected chi connectivity index (χ1v) is 2.53. The van der Waals surface area contributed by atoms with E-state index in [0.29, 0.717) is 0 Å². The third-order valence-electron chi connectivity index (χ3n) is 0.884. The highest BCUT2D eigenvalue weighted by Crippen LogP contribution is 1.93. The maximum Gasteiger partial charge on any atom is 0.105 e. The standard InChI is InChI=1S/C4H6N2S/c1-3-4(7)6-2-5-3/h2-3H,1H3,(H,5,6,7). The number of hydrogen-bond donors (Lipinski definition) is 1. The Morgan fingerprint density at radius 2 is 2.71 bits per heavy atom. The monoisotopic (exact) mass is 114 g/mol. The van der Waals surface area contributed by atoms with E-state index in [1.165, 1.54) is 0 Å². The van der Waals surface area contributed by atoms with Crippen molar-refractivity contribution in [2.24, 2.45) is 4.99 Å². The number of hydrogen-bond acceptors (Lipinski definition) is 2. The molecule has 1 heterocycles. The van der Waals surface area contributed by atoms with E-state index >= 15 is 0 Å². The molecule has 0 aromatic rings. The molecule has 0 aromatic carbocycles. The Kier molecular flexibility index (Phi) is 1.06. The van der Waals surface area contributed by atoms with Crippen molar-refractivity contribution in [3.63, 3.8) is 0 Å². The van der Waals surface area contributed by atoms with E-state index < -0.39 is 0 Å². The van der Waals surface area contributed by atoms with E-state index in [4.69, 9.17) is 12.2 Å². The summed E-state index contributed by atoms with van der Waals surface area (Å²) in [7, 11) is 0. The van der Waals surface area contributed by atoms with Gasteiger partial charge in [-0.3, -0.25) is 4.99 Å². The van der Waals surface area contributed by atoms with Gasteiger partial charge in [0.1, 0.15) is 4.99 Å². The van der Waals surface area contributed by atoms with Crippen LogP contribution in [0.1, 0.15) is 6.92 Å². The van der Waals surface area contributed by atoms with Crippen molar-refractivity contribution in [3.05, 3.63) is 0 Å². The van der Waals surface area contributed by atoms with Crippen molar-refractivity contribution in [3.8, 4) is 0 Å². The highest BCUT2D eigenvalue weighted by Gasteiger charge is 2.07. The van der Waals surface area contributed by atoms with E-state index in [9.17, 15) is 0 Å². The lowest BCUT2D eigenvalue weighted by atomic mass is 10.4. The van der Waals surface area contributed by atoms with Crippen LogP contribution in [0.25, 0.3) is 0 Å². The normalized spacial score (nSPS) is 28.1. The highest BCUT2D eigenvalue weighted by molar-refractivity contribution is 7.80. The summed E-state index contributed by atoms with van der Waals surface area (Å²) in [6.07, 6.45) is 1.63. The van der Waals surface area contributed by atoms with Crippen molar-refractivity contribution in [2.75, 3.05) is 0 Å². The number of thiocarbonyl (C=S) groups is 1. The number of nitrogens with one attached hydrogen (secondary N) is 1. The minimum absolute atomic E-state index is 0.204. The predicted octanol–water partition coefficient (Wildman–Crippen LogP) is 0.334. The van der Waals surface area contributed by atoms with Crippen LogP contribution in [0, 0.1) is 0 Å². The van der Waals surface area contributed by atoms with E-state index in [0.717, 1.165) is 4.99 Å². The molecule has 1 N–H and O–H groups in total. The summed E-state index contributed by atoms with van der Waals surface area (Å²) in [4.78, 5) is 4.76. The van der Waals surface area contributed by atoms with Gasteiger partial charge in [0.05, 0.1) is 12.4 Å². The quantitative estimate of drug-likeness (QED) is 0.459. The first-order valence-electron chi connectivity index (χ1n) is 2.13. The van der Waals surface area contributed by atoms with Crippen LogP contribution in [0.15, 0.2) is 4.99 Å². The third-order valence-corrected chi connectivity index (χ3v) is 1.34. The molecule has 1 atom stereocenters. The average molecular weight is 114 g/mol. The second-order valence-corrected chi connectivity index (χ2v) is 1.90. The zero-order chi connectivity index (χ0) is 5.28. The van der Waals surface area contributed by atoms with Gasteiger partial charge >= 0.3 is 0 Å². The summed E-state index contributed by atoms with van der Waals surface area (Å²) >= 11 is 4.81. The van der Waals surface area contributed by atoms with Gasteiger partial charge in [-0.05, 0) is 6.92 Å². The Hall–Kier alpha value is -0.440. The maximum atomic E-state index is 4.81. The van der Waals surface area contributed by atoms with Crippen LogP contribution in [0.5, 0.6) is 0 Å². The van der Waals surface area contributed by atoms with Gasteiger partial charge in [0, 0.05) is 0 Å². The summed E-state index contributed by atoms with van der Waals surface area (Å²) in [5, 5.41) is 2.81. The average Bonchev–Trinajstić information content (AvgIpc) is 1.91. The molecule has 38 valence electrons. The molecule has 0 radical (unpaired) electrons. The van der Waals surface area contributed by atoms with Crippen molar-refractivity contribution in [1.82, 2.24) is 5.32 Å². The molecule has 3 heteroatoms. The molecule has 0 saturated carbocycles. The Morgan fingerprint density at radius 1 is 2.00 bits per heavy atom. The van der Waals surface area contributed by atoms with Crippen LogP contribution in [-0.4, -0.2) is 17.4 Å². The lowest BCUT2D eigenvalue weighted by Gasteiger charge is -1.93. The first kappa shape index (κ1) is 4.71. The van der Waals surface area contributed by atoms with Gasteiger partial charge < -0.3 is 5.32 Å². The van der Waals surface area contributed by atoms with Crippen LogP contribution in [-0.2, 0) is 0 Å². The molecular formula is C4H6N2S. The van der Waals surface area contributed by atoms with Crippen LogP contribution in [0.4, 0.5) is 0 Å². The van der Waals surface area contributed by atoms with E-state index in [2.05, 4.69) is 10.3 Å². The molecule has 1 aliphatic rings. The summed E-state index contributed by atoms with van der Waals surface area (Å²) in [5.74, 6) is 0. The summed E-state index contributed by atoms with van der Waals surface area (Å²) < 4.78 is 0. The van der Waals surface area contributed by atoms with Gasteiger partial charge in [-0.15, -0.1) is 0 Å². The summed E-state index contributed by atoms with van der Waals surface area (Å²) in [6.45, 7) is 1.96. The molecule has 7 heavy (non-hydrogen) atoms. The highest BCUT2D eigenvalue weighted by atomic mass is 32.1. The molecule has 1 aliphatic heterocycles. The number of aliphatic imine (C=N–C) groups is 1. The van der Waals surface area contributed by atoms with Crippen LogP contribution in [0.2, 0.25) is 0 Å². The lowest BCUT2D eigenvalue weighted by molar-refractivity contribution is 1.01.